The Labute approximate surface area is 148 Å². The Morgan fingerprint density at radius 1 is 1.04 bits per heavy atom. The molecule has 2 aromatic carbocycles. The second kappa shape index (κ2) is 6.78. The number of carbonyl (C=O) groups excluding carboxylic acids is 2. The first kappa shape index (κ1) is 16.7. The summed E-state index contributed by atoms with van der Waals surface area (Å²) in [6, 6.07) is 15.9. The number of hydrogen-bond acceptors (Lipinski definition) is 4. The number of carbonyl (C=O) groups is 2. The van der Waals surface area contributed by atoms with Crippen LogP contribution in [0.3, 0.4) is 0 Å². The van der Waals surface area contributed by atoms with Gasteiger partial charge in [0, 0.05) is 16.0 Å². The van der Waals surface area contributed by atoms with Gasteiger partial charge < -0.3 is 16.2 Å². The quantitative estimate of drug-likeness (QED) is 0.667. The first-order chi connectivity index (χ1) is 12.0. The van der Waals surface area contributed by atoms with Crippen LogP contribution in [0.5, 0.6) is 5.75 Å². The van der Waals surface area contributed by atoms with Crippen molar-refractivity contribution in [2.45, 2.75) is 6.92 Å². The maximum absolute atomic E-state index is 12.5. The van der Waals surface area contributed by atoms with E-state index in [-0.39, 0.29) is 11.3 Å². The molecule has 2 amide bonds. The molecule has 0 aliphatic heterocycles. The van der Waals surface area contributed by atoms with Crippen molar-refractivity contribution in [2.75, 3.05) is 5.32 Å². The van der Waals surface area contributed by atoms with E-state index in [1.807, 2.05) is 30.3 Å². The summed E-state index contributed by atoms with van der Waals surface area (Å²) in [7, 11) is 0. The topological polar surface area (TPSA) is 92.4 Å². The highest BCUT2D eigenvalue weighted by Crippen LogP contribution is 2.35. The molecule has 3 aromatic rings. The Bertz CT molecular complexity index is 949. The van der Waals surface area contributed by atoms with Crippen LogP contribution in [0.1, 0.15) is 26.3 Å². The molecule has 0 bridgehead atoms. The standard InChI is InChI=1S/C19H16N2O3S/c1-11-13(8-5-9-15(11)22)18(24)21-19-14(17(20)23)10-16(25-19)12-6-3-2-4-7-12/h2-10,22H,1H3,(H2,20,23)(H,21,24). The summed E-state index contributed by atoms with van der Waals surface area (Å²) in [5.74, 6) is -0.974. The second-order valence-electron chi connectivity index (χ2n) is 5.49. The van der Waals surface area contributed by atoms with Gasteiger partial charge in [0.15, 0.2) is 0 Å². The minimum atomic E-state index is -0.610. The highest BCUT2D eigenvalue weighted by atomic mass is 32.1. The van der Waals surface area contributed by atoms with E-state index in [2.05, 4.69) is 5.32 Å². The number of benzene rings is 2. The smallest absolute Gasteiger partial charge is 0.256 e. The first-order valence-electron chi connectivity index (χ1n) is 7.56. The van der Waals surface area contributed by atoms with E-state index in [1.54, 1.807) is 25.1 Å². The molecule has 0 spiro atoms. The predicted molar refractivity (Wildman–Crippen MR) is 99.1 cm³/mol. The van der Waals surface area contributed by atoms with E-state index >= 15 is 0 Å². The summed E-state index contributed by atoms with van der Waals surface area (Å²) in [6.07, 6.45) is 0. The molecule has 0 radical (unpaired) electrons. The lowest BCUT2D eigenvalue weighted by atomic mass is 10.1. The maximum Gasteiger partial charge on any atom is 0.256 e. The van der Waals surface area contributed by atoms with Crippen LogP contribution in [0, 0.1) is 6.92 Å². The van der Waals surface area contributed by atoms with Crippen molar-refractivity contribution in [1.29, 1.82) is 0 Å². The van der Waals surface area contributed by atoms with Crippen LogP contribution in [-0.2, 0) is 0 Å². The molecule has 5 nitrogen and oxygen atoms in total. The van der Waals surface area contributed by atoms with Crippen LogP contribution < -0.4 is 11.1 Å². The highest BCUT2D eigenvalue weighted by molar-refractivity contribution is 7.20. The van der Waals surface area contributed by atoms with Crippen molar-refractivity contribution in [3.63, 3.8) is 0 Å². The van der Waals surface area contributed by atoms with Crippen LogP contribution in [0.4, 0.5) is 5.00 Å². The molecular formula is C19H16N2O3S. The number of phenolic OH excluding ortho intramolecular Hbond substituents is 1. The van der Waals surface area contributed by atoms with Gasteiger partial charge in [-0.1, -0.05) is 36.4 Å². The molecule has 25 heavy (non-hydrogen) atoms. The Morgan fingerprint density at radius 3 is 2.44 bits per heavy atom. The molecule has 6 heteroatoms. The number of primary amides is 1. The average Bonchev–Trinajstić information content (AvgIpc) is 3.02. The van der Waals surface area contributed by atoms with Crippen molar-refractivity contribution in [3.8, 4) is 16.2 Å². The number of phenols is 1. The lowest BCUT2D eigenvalue weighted by Crippen LogP contribution is -2.17. The Kier molecular flexibility index (Phi) is 4.54. The van der Waals surface area contributed by atoms with Crippen molar-refractivity contribution >= 4 is 28.2 Å². The van der Waals surface area contributed by atoms with E-state index in [9.17, 15) is 14.7 Å². The van der Waals surface area contributed by atoms with Gasteiger partial charge in [-0.25, -0.2) is 0 Å². The minimum Gasteiger partial charge on any atom is -0.508 e. The van der Waals surface area contributed by atoms with Crippen molar-refractivity contribution in [3.05, 3.63) is 71.3 Å². The zero-order valence-corrected chi connectivity index (χ0v) is 14.3. The summed E-state index contributed by atoms with van der Waals surface area (Å²) in [5, 5.41) is 12.9. The molecule has 0 saturated carbocycles. The summed E-state index contributed by atoms with van der Waals surface area (Å²) in [5.41, 5.74) is 7.46. The fourth-order valence-corrected chi connectivity index (χ4v) is 3.52. The third-order valence-electron chi connectivity index (χ3n) is 3.83. The van der Waals surface area contributed by atoms with E-state index in [0.29, 0.717) is 16.1 Å². The van der Waals surface area contributed by atoms with E-state index in [4.69, 9.17) is 5.73 Å². The van der Waals surface area contributed by atoms with E-state index in [1.165, 1.54) is 17.4 Å². The van der Waals surface area contributed by atoms with Gasteiger partial charge >= 0.3 is 0 Å². The summed E-state index contributed by atoms with van der Waals surface area (Å²) in [4.78, 5) is 25.1. The zero-order chi connectivity index (χ0) is 18.0. The predicted octanol–water partition coefficient (Wildman–Crippen LogP) is 3.78. The molecule has 0 unspecified atom stereocenters. The molecule has 0 aliphatic rings. The monoisotopic (exact) mass is 352 g/mol. The normalized spacial score (nSPS) is 10.4. The number of nitrogens with two attached hydrogens (primary N) is 1. The van der Waals surface area contributed by atoms with Crippen LogP contribution in [0.2, 0.25) is 0 Å². The third-order valence-corrected chi connectivity index (χ3v) is 4.93. The summed E-state index contributed by atoms with van der Waals surface area (Å²) >= 11 is 1.28. The van der Waals surface area contributed by atoms with Gasteiger partial charge in [0.2, 0.25) is 0 Å². The SMILES string of the molecule is Cc1c(O)cccc1C(=O)Nc1sc(-c2ccccc2)cc1C(N)=O. The number of nitrogens with one attached hydrogen (secondary N) is 1. The lowest BCUT2D eigenvalue weighted by Gasteiger charge is -2.08. The molecule has 0 atom stereocenters. The minimum absolute atomic E-state index is 0.0407. The molecule has 126 valence electrons. The first-order valence-corrected chi connectivity index (χ1v) is 8.38. The number of amides is 2. The molecular weight excluding hydrogens is 336 g/mol. The van der Waals surface area contributed by atoms with Crippen molar-refractivity contribution < 1.29 is 14.7 Å². The fraction of sp³-hybridized carbons (Fsp3) is 0.0526. The number of thiophene rings is 1. The maximum atomic E-state index is 12.5. The number of aromatic hydroxyl groups is 1. The van der Waals surface area contributed by atoms with E-state index < -0.39 is 11.8 Å². The average molecular weight is 352 g/mol. The van der Waals surface area contributed by atoms with Crippen molar-refractivity contribution in [1.82, 2.24) is 0 Å². The molecule has 4 N–H and O–H groups in total. The molecule has 1 heterocycles. The Hall–Kier alpha value is -3.12. The second-order valence-corrected chi connectivity index (χ2v) is 6.54. The van der Waals surface area contributed by atoms with Gasteiger partial charge in [0.25, 0.3) is 11.8 Å². The van der Waals surface area contributed by atoms with Gasteiger partial charge in [0.05, 0.1) is 5.56 Å². The Morgan fingerprint density at radius 2 is 1.76 bits per heavy atom. The fourth-order valence-electron chi connectivity index (χ4n) is 2.45. The Balaban J connectivity index is 1.96. The molecule has 3 rings (SSSR count). The lowest BCUT2D eigenvalue weighted by molar-refractivity contribution is 0.100. The van der Waals surface area contributed by atoms with Gasteiger partial charge in [0.1, 0.15) is 10.8 Å². The number of rotatable bonds is 4. The van der Waals surface area contributed by atoms with Gasteiger partial charge in [-0.2, -0.15) is 0 Å². The zero-order valence-electron chi connectivity index (χ0n) is 13.4. The molecule has 1 aromatic heterocycles. The number of hydrogen-bond donors (Lipinski definition) is 3. The third kappa shape index (κ3) is 3.39. The van der Waals surface area contributed by atoms with Crippen molar-refractivity contribution in [2.24, 2.45) is 5.73 Å². The largest absolute Gasteiger partial charge is 0.508 e. The molecule has 0 fully saturated rings. The van der Waals surface area contributed by atoms with Gasteiger partial charge in [-0.05, 0) is 30.7 Å². The summed E-state index contributed by atoms with van der Waals surface area (Å²) < 4.78 is 0. The van der Waals surface area contributed by atoms with Crippen LogP contribution in [-0.4, -0.2) is 16.9 Å². The van der Waals surface area contributed by atoms with Crippen LogP contribution in [0.25, 0.3) is 10.4 Å². The van der Waals surface area contributed by atoms with Crippen LogP contribution >= 0.6 is 11.3 Å². The molecule has 0 saturated heterocycles. The number of anilines is 1. The van der Waals surface area contributed by atoms with E-state index in [0.717, 1.165) is 10.4 Å². The molecule has 0 aliphatic carbocycles. The highest BCUT2D eigenvalue weighted by Gasteiger charge is 2.19. The van der Waals surface area contributed by atoms with Gasteiger partial charge in [-0.15, -0.1) is 11.3 Å². The van der Waals surface area contributed by atoms with Gasteiger partial charge in [-0.3, -0.25) is 9.59 Å². The van der Waals surface area contributed by atoms with Crippen LogP contribution in [0.15, 0.2) is 54.6 Å². The summed E-state index contributed by atoms with van der Waals surface area (Å²) in [6.45, 7) is 1.66.